The maximum Gasteiger partial charge on any atom is 0.325 e. The molecule has 0 aromatic heterocycles. The first-order valence-electron chi connectivity index (χ1n) is 7.63. The third kappa shape index (κ3) is 2.27. The van der Waals surface area contributed by atoms with E-state index >= 15 is 0 Å². The van der Waals surface area contributed by atoms with E-state index in [0.717, 1.165) is 28.3 Å². The largest absolute Gasteiger partial charge is 0.467 e. The van der Waals surface area contributed by atoms with Gasteiger partial charge in [0, 0.05) is 16.9 Å². The van der Waals surface area contributed by atoms with Crippen molar-refractivity contribution in [2.24, 2.45) is 0 Å². The number of amides is 2. The number of rotatable bonds is 2. The summed E-state index contributed by atoms with van der Waals surface area (Å²) in [4.78, 5) is 15.6. The highest BCUT2D eigenvalue weighted by Crippen LogP contribution is 2.45. The monoisotopic (exact) mass is 326 g/mol. The van der Waals surface area contributed by atoms with Crippen molar-refractivity contribution in [3.8, 4) is 5.75 Å². The summed E-state index contributed by atoms with van der Waals surface area (Å²) in [6, 6.07) is 15.8. The Hall–Kier alpha value is -2.14. The number of carbonyl (C=O) groups is 1. The second-order valence-electron chi connectivity index (χ2n) is 6.06. The molecule has 0 saturated carbocycles. The Labute approximate surface area is 139 Å². The molecular formula is C18H18N2O2S. The van der Waals surface area contributed by atoms with Crippen LogP contribution in [-0.2, 0) is 0 Å². The zero-order valence-corrected chi connectivity index (χ0v) is 13.9. The molecule has 2 bridgehead atoms. The van der Waals surface area contributed by atoms with E-state index in [1.807, 2.05) is 61.7 Å². The zero-order valence-electron chi connectivity index (χ0n) is 13.1. The molecule has 1 saturated heterocycles. The van der Waals surface area contributed by atoms with Crippen molar-refractivity contribution in [2.45, 2.75) is 30.0 Å². The molecule has 4 rings (SSSR count). The number of benzene rings is 2. The molecule has 2 aliphatic rings. The molecule has 2 atom stereocenters. The molecule has 2 heterocycles. The number of para-hydroxylation sites is 1. The number of urea groups is 1. The molecule has 0 unspecified atom stereocenters. The van der Waals surface area contributed by atoms with Crippen molar-refractivity contribution < 1.29 is 9.53 Å². The minimum Gasteiger partial charge on any atom is -0.467 e. The van der Waals surface area contributed by atoms with Crippen LogP contribution in [0.1, 0.15) is 24.9 Å². The number of thioether (sulfide) groups is 1. The van der Waals surface area contributed by atoms with Crippen LogP contribution in [-0.4, -0.2) is 18.0 Å². The molecule has 2 aromatic rings. The minimum atomic E-state index is -0.682. The van der Waals surface area contributed by atoms with Crippen molar-refractivity contribution in [3.63, 3.8) is 0 Å². The summed E-state index contributed by atoms with van der Waals surface area (Å²) in [6.07, 6.45) is 2.75. The fraction of sp³-hybridized carbons (Fsp3) is 0.278. The number of hydrogen-bond acceptors (Lipinski definition) is 3. The van der Waals surface area contributed by atoms with Gasteiger partial charge in [0.2, 0.25) is 0 Å². The quantitative estimate of drug-likeness (QED) is 0.842. The van der Waals surface area contributed by atoms with E-state index in [4.69, 9.17) is 4.74 Å². The van der Waals surface area contributed by atoms with Gasteiger partial charge in [-0.1, -0.05) is 24.3 Å². The topological polar surface area (TPSA) is 41.6 Å². The lowest BCUT2D eigenvalue weighted by atomic mass is 9.90. The van der Waals surface area contributed by atoms with E-state index < -0.39 is 5.72 Å². The smallest absolute Gasteiger partial charge is 0.325 e. The highest BCUT2D eigenvalue weighted by Gasteiger charge is 2.49. The van der Waals surface area contributed by atoms with Crippen LogP contribution in [0.4, 0.5) is 10.5 Å². The van der Waals surface area contributed by atoms with Crippen LogP contribution in [0, 0.1) is 0 Å². The van der Waals surface area contributed by atoms with Gasteiger partial charge in [-0.3, -0.25) is 4.90 Å². The van der Waals surface area contributed by atoms with E-state index in [2.05, 4.69) is 5.32 Å². The lowest BCUT2D eigenvalue weighted by molar-refractivity contribution is 0.0378. The summed E-state index contributed by atoms with van der Waals surface area (Å²) < 4.78 is 6.26. The van der Waals surface area contributed by atoms with Gasteiger partial charge >= 0.3 is 6.03 Å². The Morgan fingerprint density at radius 3 is 2.91 bits per heavy atom. The number of carbonyl (C=O) groups excluding carboxylic acids is 1. The molecule has 0 spiro atoms. The highest BCUT2D eigenvalue weighted by atomic mass is 32.2. The molecule has 5 heteroatoms. The predicted molar refractivity (Wildman–Crippen MR) is 92.1 cm³/mol. The van der Waals surface area contributed by atoms with E-state index in [1.54, 1.807) is 16.7 Å². The molecule has 2 aromatic carbocycles. The number of anilines is 1. The van der Waals surface area contributed by atoms with Gasteiger partial charge in [0.05, 0.1) is 11.7 Å². The normalized spacial score (nSPS) is 25.4. The van der Waals surface area contributed by atoms with E-state index in [0.29, 0.717) is 0 Å². The van der Waals surface area contributed by atoms with Crippen LogP contribution in [0.15, 0.2) is 53.4 Å². The third-order valence-corrected chi connectivity index (χ3v) is 5.22. The van der Waals surface area contributed by atoms with Crippen LogP contribution in [0.5, 0.6) is 5.75 Å². The Balaban J connectivity index is 1.79. The predicted octanol–water partition coefficient (Wildman–Crippen LogP) is 4.18. The van der Waals surface area contributed by atoms with Gasteiger partial charge in [-0.05, 0) is 37.4 Å². The average Bonchev–Trinajstić information content (AvgIpc) is 2.54. The summed E-state index contributed by atoms with van der Waals surface area (Å²) in [5, 5.41) is 3.12. The van der Waals surface area contributed by atoms with Gasteiger partial charge in [0.25, 0.3) is 0 Å². The maximum absolute atomic E-state index is 12.8. The van der Waals surface area contributed by atoms with Gasteiger partial charge in [-0.15, -0.1) is 11.8 Å². The van der Waals surface area contributed by atoms with Crippen molar-refractivity contribution >= 4 is 23.5 Å². The van der Waals surface area contributed by atoms with E-state index in [1.165, 1.54) is 0 Å². The van der Waals surface area contributed by atoms with Gasteiger partial charge in [-0.2, -0.15) is 0 Å². The Bertz CT molecular complexity index is 779. The van der Waals surface area contributed by atoms with Gasteiger partial charge in [0.15, 0.2) is 5.72 Å². The number of ether oxygens (including phenoxy) is 1. The van der Waals surface area contributed by atoms with Crippen molar-refractivity contribution in [2.75, 3.05) is 11.2 Å². The first-order chi connectivity index (χ1) is 11.1. The molecule has 2 amide bonds. The number of nitrogens with zero attached hydrogens (tertiary/aromatic N) is 1. The molecule has 0 aliphatic carbocycles. The van der Waals surface area contributed by atoms with Crippen LogP contribution in [0.3, 0.4) is 0 Å². The molecule has 23 heavy (non-hydrogen) atoms. The molecule has 118 valence electrons. The van der Waals surface area contributed by atoms with Crippen molar-refractivity contribution in [3.05, 3.63) is 54.1 Å². The van der Waals surface area contributed by atoms with E-state index in [9.17, 15) is 4.79 Å². The second-order valence-corrected chi connectivity index (χ2v) is 6.94. The highest BCUT2D eigenvalue weighted by molar-refractivity contribution is 7.98. The Kier molecular flexibility index (Phi) is 3.27. The molecule has 4 nitrogen and oxygen atoms in total. The van der Waals surface area contributed by atoms with Crippen LogP contribution in [0.2, 0.25) is 0 Å². The molecular weight excluding hydrogens is 308 g/mol. The van der Waals surface area contributed by atoms with Crippen molar-refractivity contribution in [1.82, 2.24) is 5.32 Å². The zero-order chi connectivity index (χ0) is 16.0. The molecule has 2 aliphatic heterocycles. The van der Waals surface area contributed by atoms with Crippen molar-refractivity contribution in [1.29, 1.82) is 0 Å². The SMILES string of the molecule is CSc1cccc(N2C(=O)N[C@H]3C[C@]2(C)Oc2ccccc23)c1. The summed E-state index contributed by atoms with van der Waals surface area (Å²) in [6.45, 7) is 1.99. The van der Waals surface area contributed by atoms with Gasteiger partial charge in [0.1, 0.15) is 5.75 Å². The fourth-order valence-electron chi connectivity index (χ4n) is 3.46. The molecule has 0 radical (unpaired) electrons. The number of fused-ring (bicyclic) bond motifs is 4. The summed E-state index contributed by atoms with van der Waals surface area (Å²) >= 11 is 1.66. The number of nitrogens with one attached hydrogen (secondary N) is 1. The minimum absolute atomic E-state index is 0.00238. The van der Waals surface area contributed by atoms with E-state index in [-0.39, 0.29) is 12.1 Å². The lowest BCUT2D eigenvalue weighted by Gasteiger charge is -2.50. The average molecular weight is 326 g/mol. The first-order valence-corrected chi connectivity index (χ1v) is 8.86. The summed E-state index contributed by atoms with van der Waals surface area (Å²) in [5.74, 6) is 0.845. The number of hydrogen-bond donors (Lipinski definition) is 1. The van der Waals surface area contributed by atoms with Gasteiger partial charge in [-0.25, -0.2) is 4.79 Å². The lowest BCUT2D eigenvalue weighted by Crippen LogP contribution is -2.65. The third-order valence-electron chi connectivity index (χ3n) is 4.49. The summed E-state index contributed by atoms with van der Waals surface area (Å²) in [7, 11) is 0. The maximum atomic E-state index is 12.8. The fourth-order valence-corrected chi connectivity index (χ4v) is 3.92. The Morgan fingerprint density at radius 1 is 1.26 bits per heavy atom. The summed E-state index contributed by atoms with van der Waals surface area (Å²) in [5.41, 5.74) is 1.23. The second kappa shape index (κ2) is 5.20. The molecule has 1 N–H and O–H groups in total. The van der Waals surface area contributed by atoms with Crippen LogP contribution < -0.4 is 15.0 Å². The Morgan fingerprint density at radius 2 is 2.09 bits per heavy atom. The standard InChI is InChI=1S/C18H18N2O2S/c1-18-11-15(14-8-3-4-9-16(14)22-18)19-17(21)20(18)12-6-5-7-13(10-12)23-2/h3-10,15H,11H2,1-2H3,(H,19,21)/t15-,18-/m0/s1. The first kappa shape index (κ1) is 14.5. The van der Waals surface area contributed by atoms with Crippen LogP contribution in [0.25, 0.3) is 0 Å². The van der Waals surface area contributed by atoms with Crippen LogP contribution >= 0.6 is 11.8 Å². The molecule has 1 fully saturated rings. The van der Waals surface area contributed by atoms with Gasteiger partial charge < -0.3 is 10.1 Å².